The molecule has 0 aliphatic carbocycles. The molecule has 0 aliphatic rings. The van der Waals surface area contributed by atoms with Gasteiger partial charge in [-0.25, -0.2) is 9.48 Å². The van der Waals surface area contributed by atoms with Crippen LogP contribution < -0.4 is 21.1 Å². The monoisotopic (exact) mass is 625 g/mol. The lowest BCUT2D eigenvalue weighted by atomic mass is 10.1. The van der Waals surface area contributed by atoms with Crippen LogP contribution in [0.3, 0.4) is 0 Å². The molecule has 1 unspecified atom stereocenters. The van der Waals surface area contributed by atoms with Gasteiger partial charge in [-0.2, -0.15) is 13.2 Å². The van der Waals surface area contributed by atoms with Gasteiger partial charge in [0.05, 0.1) is 13.2 Å². The van der Waals surface area contributed by atoms with Crippen LogP contribution in [0.2, 0.25) is 5.02 Å². The van der Waals surface area contributed by atoms with Crippen molar-refractivity contribution in [2.24, 2.45) is 0 Å². The molecule has 0 aliphatic heterocycles. The fourth-order valence-corrected chi connectivity index (χ4v) is 3.74. The number of nitrogens with one attached hydrogen (secondary N) is 2. The van der Waals surface area contributed by atoms with Crippen LogP contribution in [0.25, 0.3) is 11.4 Å². The van der Waals surface area contributed by atoms with Crippen molar-refractivity contribution in [1.29, 1.82) is 0 Å². The zero-order chi connectivity index (χ0) is 31.2. The van der Waals surface area contributed by atoms with Crippen molar-refractivity contribution in [1.82, 2.24) is 25.0 Å². The highest BCUT2D eigenvalue weighted by Gasteiger charge is 2.39. The summed E-state index contributed by atoms with van der Waals surface area (Å²) < 4.78 is 82.1. The van der Waals surface area contributed by atoms with E-state index < -0.39 is 67.6 Å². The Bertz CT molecular complexity index is 1460. The average molecular weight is 626 g/mol. The van der Waals surface area contributed by atoms with Gasteiger partial charge in [0.1, 0.15) is 18.3 Å². The lowest BCUT2D eigenvalue weighted by Crippen LogP contribution is -2.43. The number of halogens is 7. The number of rotatable bonds is 11. The number of aliphatic hydroxyl groups is 2. The van der Waals surface area contributed by atoms with E-state index in [1.807, 2.05) is 0 Å². The third-order valence-corrected chi connectivity index (χ3v) is 5.71. The summed E-state index contributed by atoms with van der Waals surface area (Å²) in [6, 6.07) is 7.84. The Morgan fingerprint density at radius 1 is 1.07 bits per heavy atom. The highest BCUT2D eigenvalue weighted by atomic mass is 35.5. The minimum absolute atomic E-state index is 0.118. The van der Waals surface area contributed by atoms with E-state index in [2.05, 4.69) is 20.5 Å². The number of hydrogen-bond donors (Lipinski definition) is 4. The van der Waals surface area contributed by atoms with E-state index in [0.29, 0.717) is 9.25 Å². The van der Waals surface area contributed by atoms with Crippen LogP contribution in [-0.4, -0.2) is 68.2 Å². The number of aromatic nitrogens is 3. The summed E-state index contributed by atoms with van der Waals surface area (Å²) in [4.78, 5) is 38.6. The van der Waals surface area contributed by atoms with Crippen LogP contribution in [0, 0.1) is 0 Å². The first-order valence-corrected chi connectivity index (χ1v) is 12.2. The maximum absolute atomic E-state index is 13.1. The third kappa shape index (κ3) is 8.70. The van der Waals surface area contributed by atoms with Gasteiger partial charge in [-0.15, -0.1) is 18.3 Å². The third-order valence-electron chi connectivity index (χ3n) is 5.46. The molecule has 0 spiro atoms. The normalized spacial score (nSPS) is 13.4. The van der Waals surface area contributed by atoms with E-state index in [1.54, 1.807) is 0 Å². The first-order chi connectivity index (χ1) is 19.6. The maximum atomic E-state index is 13.1. The Kier molecular flexibility index (Phi) is 10.2. The number of amides is 2. The van der Waals surface area contributed by atoms with Crippen molar-refractivity contribution in [2.45, 2.75) is 37.8 Å². The Morgan fingerprint density at radius 3 is 2.33 bits per heavy atom. The minimum atomic E-state index is -5.09. The molecule has 0 saturated heterocycles. The van der Waals surface area contributed by atoms with Gasteiger partial charge in [0, 0.05) is 17.1 Å². The number of carbonyl (C=O) groups excluding carboxylic acids is 2. The van der Waals surface area contributed by atoms with Crippen molar-refractivity contribution in [3.8, 4) is 17.1 Å². The van der Waals surface area contributed by atoms with Gasteiger partial charge < -0.3 is 25.6 Å². The smallest absolute Gasteiger partial charge is 0.406 e. The van der Waals surface area contributed by atoms with Gasteiger partial charge in [-0.3, -0.25) is 14.2 Å². The largest absolute Gasteiger partial charge is 0.573 e. The molecule has 0 bridgehead atoms. The second-order valence-electron chi connectivity index (χ2n) is 8.57. The summed E-state index contributed by atoms with van der Waals surface area (Å²) in [7, 11) is 0. The lowest BCUT2D eigenvalue weighted by molar-refractivity contribution is -0.274. The second kappa shape index (κ2) is 13.3. The predicted molar refractivity (Wildman–Crippen MR) is 133 cm³/mol. The molecule has 3 rings (SSSR count). The fourth-order valence-electron chi connectivity index (χ4n) is 3.61. The molecule has 0 saturated carbocycles. The van der Waals surface area contributed by atoms with Crippen molar-refractivity contribution >= 4 is 23.4 Å². The van der Waals surface area contributed by atoms with Crippen LogP contribution in [-0.2, 0) is 22.7 Å². The predicted octanol–water partition coefficient (Wildman–Crippen LogP) is 2.15. The fraction of sp³-hybridized carbons (Fsp3) is 0.333. The lowest BCUT2D eigenvalue weighted by Gasteiger charge is -2.19. The van der Waals surface area contributed by atoms with Crippen LogP contribution in [0.5, 0.6) is 5.75 Å². The van der Waals surface area contributed by atoms with E-state index >= 15 is 0 Å². The molecule has 2 aromatic carbocycles. The number of aliphatic hydroxyl groups excluding tert-OH is 2. The number of hydrogen-bond acceptors (Lipinski definition) is 7. The van der Waals surface area contributed by atoms with E-state index in [1.165, 1.54) is 30.3 Å². The Hall–Kier alpha value is -4.09. The Labute approximate surface area is 237 Å². The quantitative estimate of drug-likeness (QED) is 0.239. The second-order valence-corrected chi connectivity index (χ2v) is 9.01. The van der Waals surface area contributed by atoms with E-state index in [4.69, 9.17) is 16.7 Å². The molecule has 0 fully saturated rings. The zero-order valence-electron chi connectivity index (χ0n) is 21.1. The number of carbonyl (C=O) groups is 2. The Morgan fingerprint density at radius 2 is 1.74 bits per heavy atom. The number of benzene rings is 2. The van der Waals surface area contributed by atoms with E-state index in [0.717, 1.165) is 18.2 Å². The maximum Gasteiger partial charge on any atom is 0.573 e. The molecular formula is C24H22ClF6N5O6. The molecular weight excluding hydrogens is 604 g/mol. The van der Waals surface area contributed by atoms with Crippen molar-refractivity contribution in [2.75, 3.05) is 13.2 Å². The summed E-state index contributed by atoms with van der Waals surface area (Å²) >= 11 is 5.84. The first kappa shape index (κ1) is 32.4. The molecule has 11 nitrogen and oxygen atoms in total. The summed E-state index contributed by atoms with van der Waals surface area (Å²) in [5.74, 6) is -3.09. The molecule has 18 heteroatoms. The number of ether oxygens (including phenoxy) is 1. The van der Waals surface area contributed by atoms with Gasteiger partial charge in [0.25, 0.3) is 0 Å². The molecule has 1 aromatic heterocycles. The average Bonchev–Trinajstić information content (AvgIpc) is 3.19. The molecule has 2 atom stereocenters. The Balaban J connectivity index is 1.94. The standard InChI is InChI=1S/C24H22ClF6N5O6/c25-15-6-4-13(5-7-15)20-34-36(22(41)35(20)11-17(38)23(26,27)28)12-18(39)33-19(21(40)32-8-9-37)14-2-1-3-16(10-14)42-24(29,30)31/h1-7,10,17,19,37-38H,8-9,11-12H2,(H,32,40)(H,33,39)/t17-,19?/m0/s1. The van der Waals surface area contributed by atoms with Gasteiger partial charge in [-0.1, -0.05) is 23.7 Å². The van der Waals surface area contributed by atoms with Crippen molar-refractivity contribution in [3.05, 3.63) is 69.6 Å². The summed E-state index contributed by atoms with van der Waals surface area (Å²) in [5.41, 5.74) is -1.28. The van der Waals surface area contributed by atoms with Crippen LogP contribution >= 0.6 is 11.6 Å². The summed E-state index contributed by atoms with van der Waals surface area (Å²) in [5, 5.41) is 27.2. The topological polar surface area (TPSA) is 148 Å². The summed E-state index contributed by atoms with van der Waals surface area (Å²) in [6.45, 7) is -3.00. The number of nitrogens with zero attached hydrogens (tertiary/aromatic N) is 3. The molecule has 2 amide bonds. The highest BCUT2D eigenvalue weighted by Crippen LogP contribution is 2.26. The molecule has 4 N–H and O–H groups in total. The highest BCUT2D eigenvalue weighted by molar-refractivity contribution is 6.30. The SMILES string of the molecule is O=C(Cn1nc(-c2ccc(Cl)cc2)n(C[C@H](O)C(F)(F)F)c1=O)NC(C(=O)NCCO)c1cccc(OC(F)(F)F)c1. The van der Waals surface area contributed by atoms with Gasteiger partial charge in [0.15, 0.2) is 11.9 Å². The van der Waals surface area contributed by atoms with Gasteiger partial charge in [-0.05, 0) is 42.0 Å². The molecule has 1 heterocycles. The number of alkyl halides is 6. The molecule has 3 aromatic rings. The van der Waals surface area contributed by atoms with Gasteiger partial charge in [0.2, 0.25) is 11.8 Å². The molecule has 228 valence electrons. The van der Waals surface area contributed by atoms with Crippen LogP contribution in [0.15, 0.2) is 53.3 Å². The van der Waals surface area contributed by atoms with E-state index in [9.17, 15) is 45.8 Å². The zero-order valence-corrected chi connectivity index (χ0v) is 21.9. The molecule has 42 heavy (non-hydrogen) atoms. The van der Waals surface area contributed by atoms with Crippen molar-refractivity contribution < 1.29 is 50.9 Å². The first-order valence-electron chi connectivity index (χ1n) is 11.8. The summed E-state index contributed by atoms with van der Waals surface area (Å²) in [6.07, 6.45) is -13.1. The van der Waals surface area contributed by atoms with Crippen LogP contribution in [0.4, 0.5) is 26.3 Å². The van der Waals surface area contributed by atoms with Gasteiger partial charge >= 0.3 is 18.2 Å². The molecule has 0 radical (unpaired) electrons. The minimum Gasteiger partial charge on any atom is -0.406 e. The van der Waals surface area contributed by atoms with Crippen LogP contribution in [0.1, 0.15) is 11.6 Å². The van der Waals surface area contributed by atoms with E-state index in [-0.39, 0.29) is 28.5 Å². The van der Waals surface area contributed by atoms with Crippen molar-refractivity contribution in [3.63, 3.8) is 0 Å².